The zero-order valence-corrected chi connectivity index (χ0v) is 46.1. The second-order valence-corrected chi connectivity index (χ2v) is 22.5. The molecule has 1 heterocycles. The zero-order valence-electron chi connectivity index (χ0n) is 45.2. The minimum Gasteiger partial charge on any atom is -0.462 e. The zero-order chi connectivity index (χ0) is 53.4. The molecule has 1 unspecified atom stereocenters. The fourth-order valence-corrected chi connectivity index (χ4v) is 12.0. The molecule has 72 heavy (non-hydrogen) atoms. The van der Waals surface area contributed by atoms with E-state index < -0.39 is 112 Å². The Morgan fingerprint density at radius 2 is 0.958 bits per heavy atom. The quantitative estimate of drug-likeness (QED) is 0.00971. The van der Waals surface area contributed by atoms with Gasteiger partial charge in [-0.15, -0.1) is 4.62 Å². The third kappa shape index (κ3) is 24.8. The van der Waals surface area contributed by atoms with Gasteiger partial charge in [0, 0.05) is 12.8 Å². The van der Waals surface area contributed by atoms with Gasteiger partial charge in [-0.1, -0.05) is 168 Å². The van der Waals surface area contributed by atoms with Gasteiger partial charge in [-0.3, -0.25) is 18.7 Å². The molecule has 1 saturated carbocycles. The van der Waals surface area contributed by atoms with Crippen LogP contribution in [0.4, 0.5) is 0 Å². The molecule has 9 N–H and O–H groups in total. The highest BCUT2D eigenvalue weighted by molar-refractivity contribution is 7.53. The smallest absolute Gasteiger partial charge is 0.386 e. The first-order valence-electron chi connectivity index (χ1n) is 28.5. The van der Waals surface area contributed by atoms with Crippen molar-refractivity contribution in [2.75, 3.05) is 39.0 Å². The molecule has 13 atom stereocenters. The Labute approximate surface area is 433 Å². The number of hydroxylamine groups is 3. The number of ether oxygens (including phenoxy) is 4. The molecule has 1 aliphatic heterocycles. The maximum Gasteiger partial charge on any atom is 0.386 e. The number of hydrogen-bond donors (Lipinski definition) is 8. The number of aliphatic hydroxyl groups excluding tert-OH is 7. The number of carbonyl (C=O) groups is 2. The van der Waals surface area contributed by atoms with E-state index in [0.29, 0.717) is 12.8 Å². The van der Waals surface area contributed by atoms with Crippen molar-refractivity contribution in [2.24, 2.45) is 5.73 Å². The van der Waals surface area contributed by atoms with Crippen molar-refractivity contribution < 1.29 is 82.6 Å². The van der Waals surface area contributed by atoms with Crippen molar-refractivity contribution in [3.63, 3.8) is 0 Å². The maximum atomic E-state index is 15.5. The first-order chi connectivity index (χ1) is 34.6. The first-order valence-corrected chi connectivity index (χ1v) is 30.2. The van der Waals surface area contributed by atoms with Crippen LogP contribution < -0.4 is 5.73 Å². The number of nitrogens with zero attached hydrogens (tertiary/aromatic N) is 1. The molecule has 0 aromatic heterocycles. The number of esters is 2. The maximum absolute atomic E-state index is 15.5. The van der Waals surface area contributed by atoms with Crippen molar-refractivity contribution in [2.45, 2.75) is 288 Å². The van der Waals surface area contributed by atoms with Crippen LogP contribution in [0.2, 0.25) is 0 Å². The van der Waals surface area contributed by atoms with E-state index in [1.54, 1.807) is 20.8 Å². The molecule has 19 heteroatoms. The second kappa shape index (κ2) is 38.2. The lowest BCUT2D eigenvalue weighted by molar-refractivity contribution is -1.08. The summed E-state index contributed by atoms with van der Waals surface area (Å²) in [6.45, 7) is 9.43. The van der Waals surface area contributed by atoms with Gasteiger partial charge in [0.1, 0.15) is 87.3 Å². The van der Waals surface area contributed by atoms with Crippen LogP contribution in [0.15, 0.2) is 0 Å². The Morgan fingerprint density at radius 1 is 0.556 bits per heavy atom. The molecule has 0 aromatic carbocycles. The van der Waals surface area contributed by atoms with Crippen LogP contribution in [0, 0.1) is 0 Å². The largest absolute Gasteiger partial charge is 0.462 e. The molecule has 0 bridgehead atoms. The standard InChI is InChI=1S/C53H104N2O16P/c1-6-11-13-15-17-19-21-23-25-27-29-31-33-35-42(57)66-38-40(67-43(58)36-34-32-30-28-26-24-22-20-18-16-14-12-7-2)39-72(65,71-55(8-3,9-4)10-5)70-52-50(64)48(62)47(61)49(63)51(52)69-53-44(54)46(60)45(59)41(37-56)68-53/h40-41,44-53,56,59-64H,6-39,54H2,1-5H3/q+1/t40-,41-,44-,45-,46-,47-,48-,49+,50-,51-,52-,53-,72?/m1/s1. The summed E-state index contributed by atoms with van der Waals surface area (Å²) in [4.78, 5) is 26.7. The second-order valence-electron chi connectivity index (χ2n) is 20.6. The van der Waals surface area contributed by atoms with E-state index >= 15 is 4.57 Å². The van der Waals surface area contributed by atoms with E-state index in [1.807, 2.05) is 0 Å². The Kier molecular flexibility index (Phi) is 35.5. The van der Waals surface area contributed by atoms with Gasteiger partial charge in [0.15, 0.2) is 6.29 Å². The molecule has 1 aliphatic carbocycles. The third-order valence-electron chi connectivity index (χ3n) is 14.7. The highest BCUT2D eigenvalue weighted by Crippen LogP contribution is 2.55. The van der Waals surface area contributed by atoms with Crippen molar-refractivity contribution in [1.82, 2.24) is 0 Å². The van der Waals surface area contributed by atoms with E-state index in [4.69, 9.17) is 33.8 Å². The summed E-state index contributed by atoms with van der Waals surface area (Å²) in [5.74, 6) is -1.14. The Balaban J connectivity index is 2.25. The number of hydrogen-bond acceptors (Lipinski definition) is 17. The average Bonchev–Trinajstić information content (AvgIpc) is 3.37. The summed E-state index contributed by atoms with van der Waals surface area (Å²) < 4.78 is 51.0. The van der Waals surface area contributed by atoms with Crippen LogP contribution in [0.1, 0.15) is 214 Å². The Bertz CT molecular complexity index is 1440. The molecule has 2 fully saturated rings. The summed E-state index contributed by atoms with van der Waals surface area (Å²) in [6.07, 6.45) is 9.26. The fraction of sp³-hybridized carbons (Fsp3) is 0.962. The van der Waals surface area contributed by atoms with Crippen molar-refractivity contribution in [3.8, 4) is 0 Å². The van der Waals surface area contributed by atoms with Crippen LogP contribution in [-0.2, 0) is 42.2 Å². The van der Waals surface area contributed by atoms with Crippen molar-refractivity contribution in [1.29, 1.82) is 0 Å². The predicted octanol–water partition coefficient (Wildman–Crippen LogP) is 7.40. The SMILES string of the molecule is CCCCCCCCCCCCCCCC(=O)OC[C@H](CP(=O)(O[C@@H]1[C@H](O)[C@H](O)[C@@H](O)[C@H](O)[C@H]1O[C@H]1O[C@H](CO)[C@@H](O)[C@H](O)[C@H]1N)O[N+](CC)(CC)CC)OC(=O)CCCCCCCCCCCCCCC. The average molecular weight is 1060 g/mol. The van der Waals surface area contributed by atoms with Crippen molar-refractivity contribution in [3.05, 3.63) is 0 Å². The van der Waals surface area contributed by atoms with Crippen LogP contribution in [0.5, 0.6) is 0 Å². The van der Waals surface area contributed by atoms with Gasteiger partial charge in [-0.05, 0) is 33.6 Å². The van der Waals surface area contributed by atoms with Crippen LogP contribution in [0.25, 0.3) is 0 Å². The van der Waals surface area contributed by atoms with Crippen LogP contribution in [0.3, 0.4) is 0 Å². The summed E-state index contributed by atoms with van der Waals surface area (Å²) in [5.41, 5.74) is 6.14. The molecule has 0 aromatic rings. The third-order valence-corrected chi connectivity index (χ3v) is 16.7. The Morgan fingerprint density at radius 3 is 1.38 bits per heavy atom. The number of quaternary nitrogens is 1. The molecular formula is C53H104N2O16P+. The van der Waals surface area contributed by atoms with Gasteiger partial charge in [0.2, 0.25) is 0 Å². The predicted molar refractivity (Wildman–Crippen MR) is 276 cm³/mol. The van der Waals surface area contributed by atoms with Gasteiger partial charge in [-0.25, -0.2) is 0 Å². The topological polar surface area (TPSA) is 274 Å². The normalized spacial score (nSPS) is 27.1. The lowest BCUT2D eigenvalue weighted by Crippen LogP contribution is -2.68. The monoisotopic (exact) mass is 1060 g/mol. The molecule has 426 valence electrons. The number of nitrogens with two attached hydrogens (primary N) is 1. The minimum atomic E-state index is -4.74. The molecule has 1 saturated heterocycles. The van der Waals surface area contributed by atoms with Gasteiger partial charge in [0.05, 0.1) is 18.8 Å². The summed E-state index contributed by atoms with van der Waals surface area (Å²) >= 11 is 0. The van der Waals surface area contributed by atoms with E-state index in [9.17, 15) is 45.3 Å². The minimum absolute atomic E-state index is 0.0522. The van der Waals surface area contributed by atoms with Gasteiger partial charge >= 0.3 is 19.5 Å². The number of aliphatic hydroxyl groups is 7. The van der Waals surface area contributed by atoms with Gasteiger partial charge in [0.25, 0.3) is 0 Å². The lowest BCUT2D eigenvalue weighted by atomic mass is 9.84. The van der Waals surface area contributed by atoms with E-state index in [2.05, 4.69) is 13.8 Å². The molecule has 18 nitrogen and oxygen atoms in total. The van der Waals surface area contributed by atoms with Gasteiger partial charge in [-0.2, -0.15) is 4.65 Å². The van der Waals surface area contributed by atoms with Crippen LogP contribution >= 0.6 is 7.60 Å². The van der Waals surface area contributed by atoms with Gasteiger partial charge < -0.3 is 60.4 Å². The highest BCUT2D eigenvalue weighted by Gasteiger charge is 2.56. The first kappa shape index (κ1) is 66.8. The highest BCUT2D eigenvalue weighted by atomic mass is 31.2. The van der Waals surface area contributed by atoms with E-state index in [0.717, 1.165) is 51.4 Å². The molecule has 0 amide bonds. The summed E-state index contributed by atoms with van der Waals surface area (Å²) in [7, 11) is -4.74. The van der Waals surface area contributed by atoms with Crippen molar-refractivity contribution >= 4 is 19.5 Å². The summed E-state index contributed by atoms with van der Waals surface area (Å²) in [6, 6.07) is -1.49. The van der Waals surface area contributed by atoms with E-state index in [-0.39, 0.29) is 37.1 Å². The number of rotatable bonds is 43. The van der Waals surface area contributed by atoms with E-state index in [1.165, 1.54) is 103 Å². The summed E-state index contributed by atoms with van der Waals surface area (Å²) in [5, 5.41) is 75.4. The Hall–Kier alpha value is -1.35. The number of unbranched alkanes of at least 4 members (excludes halogenated alkanes) is 24. The molecular weight excluding hydrogens is 952 g/mol. The fourth-order valence-electron chi connectivity index (χ4n) is 9.68. The molecule has 2 aliphatic rings. The lowest BCUT2D eigenvalue weighted by Gasteiger charge is -2.48. The number of carbonyl (C=O) groups excluding carboxylic acids is 2. The van der Waals surface area contributed by atoms with Crippen LogP contribution in [-0.4, -0.2) is 165 Å². The molecule has 0 spiro atoms. The molecule has 0 radical (unpaired) electrons. The molecule has 2 rings (SSSR count).